The van der Waals surface area contributed by atoms with Crippen LogP contribution in [0.3, 0.4) is 0 Å². The van der Waals surface area contributed by atoms with Gasteiger partial charge in [0.1, 0.15) is 12.7 Å². The van der Waals surface area contributed by atoms with E-state index in [1.807, 2.05) is 18.2 Å². The van der Waals surface area contributed by atoms with Gasteiger partial charge in [-0.2, -0.15) is 0 Å². The standard InChI is InChI=1S/C12H16O3/c1-9(2)12(14)15-8-11(13)10-6-4-3-5-7-10/h3-7,9,11,13H,8H2,1-2H3/t11-/m0/s1. The highest BCUT2D eigenvalue weighted by Crippen LogP contribution is 2.12. The van der Waals surface area contributed by atoms with Gasteiger partial charge < -0.3 is 9.84 Å². The van der Waals surface area contributed by atoms with Crippen molar-refractivity contribution in [2.45, 2.75) is 20.0 Å². The largest absolute Gasteiger partial charge is 0.462 e. The molecule has 0 bridgehead atoms. The van der Waals surface area contributed by atoms with E-state index >= 15 is 0 Å². The first kappa shape index (κ1) is 11.7. The number of aliphatic hydroxyl groups excluding tert-OH is 1. The number of rotatable bonds is 4. The molecule has 3 nitrogen and oxygen atoms in total. The molecule has 1 N–H and O–H groups in total. The van der Waals surface area contributed by atoms with E-state index in [1.54, 1.807) is 26.0 Å². The van der Waals surface area contributed by atoms with Crippen LogP contribution < -0.4 is 0 Å². The van der Waals surface area contributed by atoms with Crippen LogP contribution in [0.2, 0.25) is 0 Å². The van der Waals surface area contributed by atoms with Gasteiger partial charge in [0, 0.05) is 0 Å². The maximum absolute atomic E-state index is 11.1. The smallest absolute Gasteiger partial charge is 0.308 e. The topological polar surface area (TPSA) is 46.5 Å². The van der Waals surface area contributed by atoms with Crippen molar-refractivity contribution in [1.29, 1.82) is 0 Å². The first-order valence-electron chi connectivity index (χ1n) is 5.01. The fourth-order valence-electron chi connectivity index (χ4n) is 1.10. The van der Waals surface area contributed by atoms with Crippen LogP contribution in [-0.2, 0) is 9.53 Å². The Morgan fingerprint density at radius 1 is 1.33 bits per heavy atom. The average Bonchev–Trinajstić information content (AvgIpc) is 2.26. The zero-order valence-electron chi connectivity index (χ0n) is 9.01. The molecule has 1 atom stereocenters. The van der Waals surface area contributed by atoms with Crippen molar-refractivity contribution in [3.63, 3.8) is 0 Å². The number of aliphatic hydroxyl groups is 1. The van der Waals surface area contributed by atoms with Gasteiger partial charge in [-0.25, -0.2) is 0 Å². The summed E-state index contributed by atoms with van der Waals surface area (Å²) in [5, 5.41) is 9.67. The zero-order valence-corrected chi connectivity index (χ0v) is 9.01. The molecule has 0 saturated carbocycles. The summed E-state index contributed by atoms with van der Waals surface area (Å²) in [6, 6.07) is 9.14. The van der Waals surface area contributed by atoms with Crippen molar-refractivity contribution in [3.05, 3.63) is 35.9 Å². The Balaban J connectivity index is 2.44. The van der Waals surface area contributed by atoms with Gasteiger partial charge in [0.2, 0.25) is 0 Å². The molecule has 1 aromatic rings. The quantitative estimate of drug-likeness (QED) is 0.769. The van der Waals surface area contributed by atoms with Crippen molar-refractivity contribution in [1.82, 2.24) is 0 Å². The molecule has 3 heteroatoms. The van der Waals surface area contributed by atoms with Crippen LogP contribution in [0, 0.1) is 5.92 Å². The lowest BCUT2D eigenvalue weighted by Gasteiger charge is -2.12. The Morgan fingerprint density at radius 3 is 2.47 bits per heavy atom. The molecule has 0 heterocycles. The van der Waals surface area contributed by atoms with Crippen LogP contribution in [0.25, 0.3) is 0 Å². The molecular formula is C12H16O3. The van der Waals surface area contributed by atoms with Gasteiger partial charge in [-0.1, -0.05) is 44.2 Å². The van der Waals surface area contributed by atoms with E-state index in [9.17, 15) is 9.90 Å². The van der Waals surface area contributed by atoms with Crippen molar-refractivity contribution in [3.8, 4) is 0 Å². The summed E-state index contributed by atoms with van der Waals surface area (Å²) in [6.07, 6.45) is -0.742. The van der Waals surface area contributed by atoms with Crippen LogP contribution in [-0.4, -0.2) is 17.7 Å². The first-order valence-corrected chi connectivity index (χ1v) is 5.01. The lowest BCUT2D eigenvalue weighted by molar-refractivity contribution is -0.150. The molecule has 0 radical (unpaired) electrons. The summed E-state index contributed by atoms with van der Waals surface area (Å²) < 4.78 is 4.93. The van der Waals surface area contributed by atoms with Gasteiger partial charge in [-0.15, -0.1) is 0 Å². The first-order chi connectivity index (χ1) is 7.11. The molecule has 0 spiro atoms. The molecular weight excluding hydrogens is 192 g/mol. The maximum Gasteiger partial charge on any atom is 0.308 e. The minimum absolute atomic E-state index is 0.0149. The number of esters is 1. The summed E-state index contributed by atoms with van der Waals surface area (Å²) in [5.74, 6) is -0.446. The fraction of sp³-hybridized carbons (Fsp3) is 0.417. The summed E-state index contributed by atoms with van der Waals surface area (Å²) in [7, 11) is 0. The van der Waals surface area contributed by atoms with E-state index in [-0.39, 0.29) is 18.5 Å². The molecule has 0 saturated heterocycles. The summed E-state index contributed by atoms with van der Waals surface area (Å²) in [6.45, 7) is 3.54. The molecule has 82 valence electrons. The third-order valence-electron chi connectivity index (χ3n) is 2.04. The molecule has 0 aliphatic heterocycles. The Kier molecular flexibility index (Phi) is 4.31. The molecule has 1 rings (SSSR count). The normalized spacial score (nSPS) is 12.5. The molecule has 15 heavy (non-hydrogen) atoms. The monoisotopic (exact) mass is 208 g/mol. The third-order valence-corrected chi connectivity index (χ3v) is 2.04. The van der Waals surface area contributed by atoms with Gasteiger partial charge in [-0.3, -0.25) is 4.79 Å². The highest BCUT2D eigenvalue weighted by molar-refractivity contribution is 5.71. The van der Waals surface area contributed by atoms with Crippen LogP contribution >= 0.6 is 0 Å². The predicted molar refractivity (Wildman–Crippen MR) is 57.2 cm³/mol. The second-order valence-corrected chi connectivity index (χ2v) is 3.71. The Labute approximate surface area is 89.7 Å². The number of carbonyl (C=O) groups is 1. The highest BCUT2D eigenvalue weighted by atomic mass is 16.5. The lowest BCUT2D eigenvalue weighted by Crippen LogP contribution is -2.16. The molecule has 0 aromatic heterocycles. The molecule has 0 amide bonds. The van der Waals surface area contributed by atoms with Gasteiger partial charge in [-0.05, 0) is 5.56 Å². The van der Waals surface area contributed by atoms with Crippen LogP contribution in [0.4, 0.5) is 0 Å². The summed E-state index contributed by atoms with van der Waals surface area (Å²) in [5.41, 5.74) is 0.758. The van der Waals surface area contributed by atoms with E-state index in [4.69, 9.17) is 4.74 Å². The average molecular weight is 208 g/mol. The van der Waals surface area contributed by atoms with Crippen molar-refractivity contribution >= 4 is 5.97 Å². The minimum Gasteiger partial charge on any atom is -0.462 e. The van der Waals surface area contributed by atoms with Crippen LogP contribution in [0.5, 0.6) is 0 Å². The van der Waals surface area contributed by atoms with Crippen molar-refractivity contribution < 1.29 is 14.6 Å². The second-order valence-electron chi connectivity index (χ2n) is 3.71. The van der Waals surface area contributed by atoms with Crippen LogP contribution in [0.15, 0.2) is 30.3 Å². The predicted octanol–water partition coefficient (Wildman–Crippen LogP) is 1.92. The molecule has 0 aliphatic rings. The van der Waals surface area contributed by atoms with Gasteiger partial charge in [0.25, 0.3) is 0 Å². The molecule has 0 unspecified atom stereocenters. The third kappa shape index (κ3) is 3.72. The maximum atomic E-state index is 11.1. The summed E-state index contributed by atoms with van der Waals surface area (Å²) >= 11 is 0. The second kappa shape index (κ2) is 5.51. The molecule has 0 aliphatic carbocycles. The van der Waals surface area contributed by atoms with E-state index in [0.717, 1.165) is 5.56 Å². The van der Waals surface area contributed by atoms with E-state index in [2.05, 4.69) is 0 Å². The number of ether oxygens (including phenoxy) is 1. The van der Waals surface area contributed by atoms with Gasteiger partial charge in [0.05, 0.1) is 5.92 Å². The van der Waals surface area contributed by atoms with Crippen molar-refractivity contribution in [2.24, 2.45) is 5.92 Å². The fourth-order valence-corrected chi connectivity index (χ4v) is 1.10. The zero-order chi connectivity index (χ0) is 11.3. The lowest BCUT2D eigenvalue weighted by atomic mass is 10.1. The SMILES string of the molecule is CC(C)C(=O)OC[C@H](O)c1ccccc1. The van der Waals surface area contributed by atoms with Crippen LogP contribution in [0.1, 0.15) is 25.5 Å². The van der Waals surface area contributed by atoms with Gasteiger partial charge >= 0.3 is 5.97 Å². The Morgan fingerprint density at radius 2 is 1.93 bits per heavy atom. The van der Waals surface area contributed by atoms with Gasteiger partial charge in [0.15, 0.2) is 0 Å². The number of carbonyl (C=O) groups excluding carboxylic acids is 1. The minimum atomic E-state index is -0.742. The van der Waals surface area contributed by atoms with E-state index < -0.39 is 6.10 Å². The van der Waals surface area contributed by atoms with Crippen molar-refractivity contribution in [2.75, 3.05) is 6.61 Å². The summed E-state index contributed by atoms with van der Waals surface area (Å²) in [4.78, 5) is 11.1. The Hall–Kier alpha value is -1.35. The molecule has 0 fully saturated rings. The van der Waals surface area contributed by atoms with E-state index in [1.165, 1.54) is 0 Å². The number of benzene rings is 1. The highest BCUT2D eigenvalue weighted by Gasteiger charge is 2.12. The molecule has 1 aromatic carbocycles. The Bertz CT molecular complexity index is 306. The number of hydrogen-bond acceptors (Lipinski definition) is 3. The van der Waals surface area contributed by atoms with E-state index in [0.29, 0.717) is 0 Å². The number of hydrogen-bond donors (Lipinski definition) is 1.